The Morgan fingerprint density at radius 1 is 1.38 bits per heavy atom. The molecule has 0 bridgehead atoms. The van der Waals surface area contributed by atoms with E-state index in [-0.39, 0.29) is 6.04 Å². The van der Waals surface area contributed by atoms with Crippen molar-refractivity contribution in [1.29, 1.82) is 0 Å². The van der Waals surface area contributed by atoms with Crippen molar-refractivity contribution in [3.05, 3.63) is 33.8 Å². The predicted molar refractivity (Wildman–Crippen MR) is 68.9 cm³/mol. The van der Waals surface area contributed by atoms with Gasteiger partial charge in [0.05, 0.1) is 10.0 Å². The number of halogens is 2. The van der Waals surface area contributed by atoms with Gasteiger partial charge in [-0.3, -0.25) is 4.90 Å². The second kappa shape index (κ2) is 4.92. The average Bonchev–Trinajstić information content (AvgIpc) is 2.54. The van der Waals surface area contributed by atoms with Crippen LogP contribution in [-0.4, -0.2) is 24.0 Å². The number of rotatable bonds is 2. The predicted octanol–water partition coefficient (Wildman–Crippen LogP) is 2.77. The second-order valence-corrected chi connectivity index (χ2v) is 5.33. The molecule has 2 atom stereocenters. The summed E-state index contributed by atoms with van der Waals surface area (Å²) < 4.78 is 0. The van der Waals surface area contributed by atoms with Crippen molar-refractivity contribution in [2.45, 2.75) is 19.5 Å². The van der Waals surface area contributed by atoms with Crippen LogP contribution in [0, 0.1) is 5.92 Å². The van der Waals surface area contributed by atoms with Crippen molar-refractivity contribution >= 4 is 23.2 Å². The smallest absolute Gasteiger partial charge is 0.0637 e. The number of hydrogen-bond acceptors (Lipinski definition) is 2. The molecule has 0 aliphatic carbocycles. The summed E-state index contributed by atoms with van der Waals surface area (Å²) >= 11 is 12.1. The van der Waals surface area contributed by atoms with E-state index in [9.17, 15) is 0 Å². The van der Waals surface area contributed by atoms with Crippen molar-refractivity contribution < 1.29 is 0 Å². The summed E-state index contributed by atoms with van der Waals surface area (Å²) in [6, 6.07) is 6.04. The van der Waals surface area contributed by atoms with E-state index in [1.54, 1.807) is 0 Å². The summed E-state index contributed by atoms with van der Waals surface area (Å²) in [5.74, 6) is 0.554. The van der Waals surface area contributed by atoms with Gasteiger partial charge >= 0.3 is 0 Å². The monoisotopic (exact) mass is 258 g/mol. The van der Waals surface area contributed by atoms with Crippen LogP contribution in [-0.2, 0) is 6.54 Å². The maximum atomic E-state index is 6.15. The molecule has 0 aromatic heterocycles. The zero-order valence-electron chi connectivity index (χ0n) is 9.29. The zero-order valence-corrected chi connectivity index (χ0v) is 10.8. The molecule has 2 N–H and O–H groups in total. The SMILES string of the molecule is CC1CN(Cc2cccc(Cl)c2Cl)CC1N. The van der Waals surface area contributed by atoms with Crippen molar-refractivity contribution in [3.63, 3.8) is 0 Å². The van der Waals surface area contributed by atoms with Gasteiger partial charge in [-0.15, -0.1) is 0 Å². The Hall–Kier alpha value is -0.280. The van der Waals surface area contributed by atoms with Crippen molar-refractivity contribution in [3.8, 4) is 0 Å². The molecule has 1 saturated heterocycles. The lowest BCUT2D eigenvalue weighted by Crippen LogP contribution is -2.28. The van der Waals surface area contributed by atoms with Crippen LogP contribution in [0.4, 0.5) is 0 Å². The number of benzene rings is 1. The Bertz CT molecular complexity index is 371. The third-order valence-corrected chi connectivity index (χ3v) is 4.03. The summed E-state index contributed by atoms with van der Waals surface area (Å²) in [5.41, 5.74) is 7.07. The number of hydrogen-bond donors (Lipinski definition) is 1. The standard InChI is InChI=1S/C12H16Cl2N2/c1-8-5-16(7-11(8)15)6-9-3-2-4-10(13)12(9)14/h2-4,8,11H,5-7,15H2,1H3. The third-order valence-electron chi connectivity index (χ3n) is 3.17. The van der Waals surface area contributed by atoms with Gasteiger partial charge in [-0.25, -0.2) is 0 Å². The summed E-state index contributed by atoms with van der Waals surface area (Å²) in [6.07, 6.45) is 0. The van der Waals surface area contributed by atoms with Crippen LogP contribution in [0.25, 0.3) is 0 Å². The molecule has 2 rings (SSSR count). The molecule has 1 aliphatic rings. The van der Waals surface area contributed by atoms with Crippen LogP contribution in [0.2, 0.25) is 10.0 Å². The van der Waals surface area contributed by atoms with E-state index in [1.165, 1.54) is 0 Å². The quantitative estimate of drug-likeness (QED) is 0.884. The highest BCUT2D eigenvalue weighted by molar-refractivity contribution is 6.42. The molecule has 0 spiro atoms. The van der Waals surface area contributed by atoms with Crippen molar-refractivity contribution in [1.82, 2.24) is 4.90 Å². The van der Waals surface area contributed by atoms with Gasteiger partial charge < -0.3 is 5.73 Å². The first-order valence-electron chi connectivity index (χ1n) is 5.48. The second-order valence-electron chi connectivity index (χ2n) is 4.55. The van der Waals surface area contributed by atoms with E-state index in [2.05, 4.69) is 11.8 Å². The van der Waals surface area contributed by atoms with Crippen LogP contribution in [0.5, 0.6) is 0 Å². The summed E-state index contributed by atoms with van der Waals surface area (Å²) in [6.45, 7) is 4.98. The molecular weight excluding hydrogens is 243 g/mol. The van der Waals surface area contributed by atoms with Crippen LogP contribution in [0.15, 0.2) is 18.2 Å². The minimum atomic E-state index is 0.276. The molecule has 1 heterocycles. The molecule has 0 amide bonds. The van der Waals surface area contributed by atoms with Crippen LogP contribution in [0.3, 0.4) is 0 Å². The largest absolute Gasteiger partial charge is 0.326 e. The fourth-order valence-electron chi connectivity index (χ4n) is 2.14. The number of nitrogens with two attached hydrogens (primary N) is 1. The maximum absolute atomic E-state index is 6.15. The fraction of sp³-hybridized carbons (Fsp3) is 0.500. The first-order chi connectivity index (χ1) is 7.58. The average molecular weight is 259 g/mol. The topological polar surface area (TPSA) is 29.3 Å². The van der Waals surface area contributed by atoms with Gasteiger partial charge in [-0.1, -0.05) is 42.3 Å². The van der Waals surface area contributed by atoms with E-state index in [0.717, 1.165) is 25.2 Å². The lowest BCUT2D eigenvalue weighted by molar-refractivity contribution is 0.319. The van der Waals surface area contributed by atoms with Crippen molar-refractivity contribution in [2.75, 3.05) is 13.1 Å². The Morgan fingerprint density at radius 2 is 2.12 bits per heavy atom. The normalized spacial score (nSPS) is 26.2. The summed E-state index contributed by atoms with van der Waals surface area (Å²) in [4.78, 5) is 2.33. The molecule has 88 valence electrons. The Labute approximate surface area is 106 Å². The van der Waals surface area contributed by atoms with E-state index in [0.29, 0.717) is 16.0 Å². The number of likely N-dealkylation sites (tertiary alicyclic amines) is 1. The summed E-state index contributed by atoms with van der Waals surface area (Å²) in [7, 11) is 0. The molecule has 0 saturated carbocycles. The molecule has 1 aromatic rings. The zero-order chi connectivity index (χ0) is 11.7. The number of nitrogens with zero attached hydrogens (tertiary/aromatic N) is 1. The highest BCUT2D eigenvalue weighted by Crippen LogP contribution is 2.27. The van der Waals surface area contributed by atoms with Crippen LogP contribution in [0.1, 0.15) is 12.5 Å². The Kier molecular flexibility index (Phi) is 3.75. The minimum Gasteiger partial charge on any atom is -0.326 e. The van der Waals surface area contributed by atoms with E-state index in [1.807, 2.05) is 18.2 Å². The molecule has 0 radical (unpaired) electrons. The van der Waals surface area contributed by atoms with Gasteiger partial charge in [-0.2, -0.15) is 0 Å². The minimum absolute atomic E-state index is 0.276. The lowest BCUT2D eigenvalue weighted by Gasteiger charge is -2.16. The molecule has 1 fully saturated rings. The first kappa shape index (κ1) is 12.2. The van der Waals surface area contributed by atoms with Crippen LogP contribution < -0.4 is 5.73 Å². The molecule has 16 heavy (non-hydrogen) atoms. The molecule has 2 nitrogen and oxygen atoms in total. The van der Waals surface area contributed by atoms with Gasteiger partial charge in [-0.05, 0) is 17.5 Å². The highest BCUT2D eigenvalue weighted by Gasteiger charge is 2.26. The first-order valence-corrected chi connectivity index (χ1v) is 6.24. The molecule has 1 aromatic carbocycles. The molecule has 4 heteroatoms. The van der Waals surface area contributed by atoms with Gasteiger partial charge in [0.2, 0.25) is 0 Å². The van der Waals surface area contributed by atoms with Gasteiger partial charge in [0.15, 0.2) is 0 Å². The van der Waals surface area contributed by atoms with Gasteiger partial charge in [0.1, 0.15) is 0 Å². The summed E-state index contributed by atoms with van der Waals surface area (Å²) in [5, 5.41) is 1.29. The van der Waals surface area contributed by atoms with Crippen molar-refractivity contribution in [2.24, 2.45) is 11.7 Å². The fourth-order valence-corrected chi connectivity index (χ4v) is 2.52. The van der Waals surface area contributed by atoms with E-state index >= 15 is 0 Å². The molecule has 2 unspecified atom stereocenters. The third kappa shape index (κ3) is 2.51. The molecule has 1 aliphatic heterocycles. The van der Waals surface area contributed by atoms with Gasteiger partial charge in [0, 0.05) is 25.7 Å². The lowest BCUT2D eigenvalue weighted by atomic mass is 10.1. The van der Waals surface area contributed by atoms with E-state index in [4.69, 9.17) is 28.9 Å². The maximum Gasteiger partial charge on any atom is 0.0637 e. The Balaban J connectivity index is 2.08. The van der Waals surface area contributed by atoms with Crippen LogP contribution >= 0.6 is 23.2 Å². The molecular formula is C12H16Cl2N2. The highest BCUT2D eigenvalue weighted by atomic mass is 35.5. The van der Waals surface area contributed by atoms with Gasteiger partial charge in [0.25, 0.3) is 0 Å². The Morgan fingerprint density at radius 3 is 2.75 bits per heavy atom. The van der Waals surface area contributed by atoms with E-state index < -0.39 is 0 Å².